The Labute approximate surface area is 130 Å². The van der Waals surface area contributed by atoms with Gasteiger partial charge in [-0.25, -0.2) is 18.3 Å². The summed E-state index contributed by atoms with van der Waals surface area (Å²) in [7, 11) is 1.26. The third kappa shape index (κ3) is 2.83. The zero-order valence-electron chi connectivity index (χ0n) is 12.2. The molecule has 23 heavy (non-hydrogen) atoms. The van der Waals surface area contributed by atoms with E-state index in [2.05, 4.69) is 5.10 Å². The van der Waals surface area contributed by atoms with Crippen molar-refractivity contribution in [1.29, 1.82) is 0 Å². The van der Waals surface area contributed by atoms with Gasteiger partial charge in [0.1, 0.15) is 22.8 Å². The van der Waals surface area contributed by atoms with Gasteiger partial charge in [-0.15, -0.1) is 0 Å². The fraction of sp³-hybridized carbons (Fsp3) is 0.0588. The highest BCUT2D eigenvalue weighted by Crippen LogP contribution is 2.25. The summed E-state index contributed by atoms with van der Waals surface area (Å²) in [4.78, 5) is 12.0. The number of rotatable bonds is 3. The van der Waals surface area contributed by atoms with Gasteiger partial charge in [0, 0.05) is 17.8 Å². The third-order valence-corrected chi connectivity index (χ3v) is 3.32. The predicted octanol–water partition coefficient (Wildman–Crippen LogP) is 3.60. The SMILES string of the molecule is COC(=O)c1cn(-c2ccc(F)cc2F)nc1-c1ccccc1. The Hall–Kier alpha value is -3.02. The molecule has 0 unspecified atom stereocenters. The molecular weight excluding hydrogens is 302 g/mol. The second kappa shape index (κ2) is 6.00. The molecule has 2 aromatic carbocycles. The molecule has 0 saturated heterocycles. The highest BCUT2D eigenvalue weighted by Gasteiger charge is 2.20. The molecule has 0 aliphatic rings. The van der Waals surface area contributed by atoms with Crippen molar-refractivity contribution in [3.63, 3.8) is 0 Å². The highest BCUT2D eigenvalue weighted by atomic mass is 19.1. The molecule has 0 aliphatic heterocycles. The first-order chi connectivity index (χ1) is 11.1. The first-order valence-electron chi connectivity index (χ1n) is 6.79. The molecule has 0 fully saturated rings. The Morgan fingerprint density at radius 3 is 2.52 bits per heavy atom. The van der Waals surface area contributed by atoms with Gasteiger partial charge in [0.25, 0.3) is 0 Å². The van der Waals surface area contributed by atoms with E-state index in [9.17, 15) is 13.6 Å². The van der Waals surface area contributed by atoms with E-state index in [4.69, 9.17) is 4.74 Å². The molecular formula is C17H12F2N2O2. The Morgan fingerprint density at radius 1 is 1.13 bits per heavy atom. The number of hydrogen-bond acceptors (Lipinski definition) is 3. The lowest BCUT2D eigenvalue weighted by molar-refractivity contribution is 0.0601. The molecule has 0 bridgehead atoms. The minimum atomic E-state index is -0.775. The minimum Gasteiger partial charge on any atom is -0.465 e. The number of hydrogen-bond donors (Lipinski definition) is 0. The van der Waals surface area contributed by atoms with Crippen LogP contribution in [0.1, 0.15) is 10.4 Å². The third-order valence-electron chi connectivity index (χ3n) is 3.32. The fourth-order valence-corrected chi connectivity index (χ4v) is 2.23. The molecule has 0 N–H and O–H groups in total. The highest BCUT2D eigenvalue weighted by molar-refractivity contribution is 5.96. The number of carbonyl (C=O) groups excluding carboxylic acids is 1. The van der Waals surface area contributed by atoms with Crippen molar-refractivity contribution in [3.05, 3.63) is 71.9 Å². The van der Waals surface area contributed by atoms with Gasteiger partial charge in [-0.3, -0.25) is 0 Å². The molecule has 3 aromatic rings. The van der Waals surface area contributed by atoms with Crippen LogP contribution < -0.4 is 0 Å². The summed E-state index contributed by atoms with van der Waals surface area (Å²) in [6.45, 7) is 0. The summed E-state index contributed by atoms with van der Waals surface area (Å²) in [5, 5.41) is 4.26. The van der Waals surface area contributed by atoms with Crippen LogP contribution in [0.4, 0.5) is 8.78 Å². The van der Waals surface area contributed by atoms with E-state index < -0.39 is 17.6 Å². The first-order valence-corrected chi connectivity index (χ1v) is 6.79. The van der Waals surface area contributed by atoms with Crippen molar-refractivity contribution < 1.29 is 18.3 Å². The van der Waals surface area contributed by atoms with Gasteiger partial charge in [-0.05, 0) is 12.1 Å². The number of aromatic nitrogens is 2. The van der Waals surface area contributed by atoms with Crippen LogP contribution in [0.5, 0.6) is 0 Å². The van der Waals surface area contributed by atoms with E-state index in [0.29, 0.717) is 11.3 Å². The lowest BCUT2D eigenvalue weighted by Crippen LogP contribution is -2.01. The summed E-state index contributed by atoms with van der Waals surface area (Å²) in [5.74, 6) is -2.05. The van der Waals surface area contributed by atoms with E-state index in [1.54, 1.807) is 24.3 Å². The molecule has 0 amide bonds. The number of benzene rings is 2. The van der Waals surface area contributed by atoms with Crippen LogP contribution in [0, 0.1) is 11.6 Å². The van der Waals surface area contributed by atoms with Gasteiger partial charge in [0.2, 0.25) is 0 Å². The molecule has 0 atom stereocenters. The lowest BCUT2D eigenvalue weighted by Gasteiger charge is -2.02. The van der Waals surface area contributed by atoms with Crippen LogP contribution in [0.15, 0.2) is 54.7 Å². The maximum atomic E-state index is 13.9. The van der Waals surface area contributed by atoms with Gasteiger partial charge < -0.3 is 4.74 Å². The number of methoxy groups -OCH3 is 1. The molecule has 116 valence electrons. The molecule has 4 nitrogen and oxygen atoms in total. The van der Waals surface area contributed by atoms with Crippen LogP contribution in [-0.2, 0) is 4.74 Å². The molecule has 0 radical (unpaired) electrons. The number of halogens is 2. The van der Waals surface area contributed by atoms with Crippen molar-refractivity contribution in [3.8, 4) is 16.9 Å². The summed E-state index contributed by atoms with van der Waals surface area (Å²) in [6.07, 6.45) is 1.37. The van der Waals surface area contributed by atoms with Gasteiger partial charge in [-0.1, -0.05) is 30.3 Å². The summed E-state index contributed by atoms with van der Waals surface area (Å²) >= 11 is 0. The van der Waals surface area contributed by atoms with Crippen LogP contribution in [0.3, 0.4) is 0 Å². The Kier molecular flexibility index (Phi) is 3.89. The quantitative estimate of drug-likeness (QED) is 0.694. The van der Waals surface area contributed by atoms with Crippen LogP contribution in [0.25, 0.3) is 16.9 Å². The maximum Gasteiger partial charge on any atom is 0.341 e. The van der Waals surface area contributed by atoms with E-state index in [-0.39, 0.29) is 11.3 Å². The van der Waals surface area contributed by atoms with Crippen LogP contribution in [0.2, 0.25) is 0 Å². The number of esters is 1. The van der Waals surface area contributed by atoms with E-state index >= 15 is 0 Å². The van der Waals surface area contributed by atoms with Gasteiger partial charge in [0.15, 0.2) is 5.82 Å². The van der Waals surface area contributed by atoms with Crippen LogP contribution >= 0.6 is 0 Å². The van der Waals surface area contributed by atoms with E-state index in [1.807, 2.05) is 6.07 Å². The van der Waals surface area contributed by atoms with Gasteiger partial charge >= 0.3 is 5.97 Å². The summed E-state index contributed by atoms with van der Waals surface area (Å²) in [6, 6.07) is 12.1. The first kappa shape index (κ1) is 14.9. The van der Waals surface area contributed by atoms with Crippen molar-refractivity contribution in [1.82, 2.24) is 9.78 Å². The average Bonchev–Trinajstić information content (AvgIpc) is 3.00. The van der Waals surface area contributed by atoms with E-state index in [1.165, 1.54) is 24.1 Å². The molecule has 0 spiro atoms. The fourth-order valence-electron chi connectivity index (χ4n) is 2.23. The average molecular weight is 314 g/mol. The number of nitrogens with zero attached hydrogens (tertiary/aromatic N) is 2. The van der Waals surface area contributed by atoms with Crippen molar-refractivity contribution in [2.24, 2.45) is 0 Å². The minimum absolute atomic E-state index is 0.0405. The van der Waals surface area contributed by atoms with Crippen LogP contribution in [-0.4, -0.2) is 22.9 Å². The molecule has 3 rings (SSSR count). The second-order valence-electron chi connectivity index (χ2n) is 4.79. The second-order valence-corrected chi connectivity index (χ2v) is 4.79. The topological polar surface area (TPSA) is 44.1 Å². The monoisotopic (exact) mass is 314 g/mol. The molecule has 6 heteroatoms. The van der Waals surface area contributed by atoms with Gasteiger partial charge in [0.05, 0.1) is 7.11 Å². The standard InChI is InChI=1S/C17H12F2N2O2/c1-23-17(22)13-10-21(15-8-7-12(18)9-14(15)19)20-16(13)11-5-3-2-4-6-11/h2-10H,1H3. The zero-order valence-corrected chi connectivity index (χ0v) is 12.2. The molecule has 0 saturated carbocycles. The number of carbonyl (C=O) groups is 1. The smallest absolute Gasteiger partial charge is 0.341 e. The Bertz CT molecular complexity index is 860. The zero-order chi connectivity index (χ0) is 16.4. The Balaban J connectivity index is 2.17. The molecule has 0 aliphatic carbocycles. The summed E-state index contributed by atoms with van der Waals surface area (Å²) < 4.78 is 32.9. The number of ether oxygens (including phenoxy) is 1. The van der Waals surface area contributed by atoms with Crippen molar-refractivity contribution >= 4 is 5.97 Å². The normalized spacial score (nSPS) is 10.6. The molecule has 1 aromatic heterocycles. The lowest BCUT2D eigenvalue weighted by atomic mass is 10.1. The Morgan fingerprint density at radius 2 is 1.87 bits per heavy atom. The summed E-state index contributed by atoms with van der Waals surface area (Å²) in [5.41, 5.74) is 1.29. The van der Waals surface area contributed by atoms with Crippen molar-refractivity contribution in [2.75, 3.05) is 7.11 Å². The predicted molar refractivity (Wildman–Crippen MR) is 80.3 cm³/mol. The maximum absolute atomic E-state index is 13.9. The molecule has 1 heterocycles. The van der Waals surface area contributed by atoms with E-state index in [0.717, 1.165) is 12.1 Å². The largest absolute Gasteiger partial charge is 0.465 e. The van der Waals surface area contributed by atoms with Crippen molar-refractivity contribution in [2.45, 2.75) is 0 Å². The van der Waals surface area contributed by atoms with Gasteiger partial charge in [-0.2, -0.15) is 5.10 Å².